The summed E-state index contributed by atoms with van der Waals surface area (Å²) >= 11 is 1.72. The number of aromatic nitrogens is 1. The molecule has 2 nitrogen and oxygen atoms in total. The molecule has 17 heavy (non-hydrogen) atoms. The van der Waals surface area contributed by atoms with Gasteiger partial charge in [0.2, 0.25) is 0 Å². The first kappa shape index (κ1) is 12.0. The van der Waals surface area contributed by atoms with Gasteiger partial charge in [-0.3, -0.25) is 9.78 Å². The van der Waals surface area contributed by atoms with Crippen molar-refractivity contribution in [2.24, 2.45) is 0 Å². The van der Waals surface area contributed by atoms with Gasteiger partial charge < -0.3 is 0 Å². The molecule has 0 atom stereocenters. The summed E-state index contributed by atoms with van der Waals surface area (Å²) in [5, 5.41) is 0. The van der Waals surface area contributed by atoms with Gasteiger partial charge in [-0.05, 0) is 37.6 Å². The summed E-state index contributed by atoms with van der Waals surface area (Å²) in [6.45, 7) is 4.04. The molecule has 0 bridgehead atoms. The van der Waals surface area contributed by atoms with Crippen LogP contribution in [0.5, 0.6) is 0 Å². The third kappa shape index (κ3) is 3.01. The fraction of sp³-hybridized carbons (Fsp3) is 0.286. The molecule has 0 saturated heterocycles. The highest BCUT2D eigenvalue weighted by molar-refractivity contribution is 7.12. The van der Waals surface area contributed by atoms with Crippen molar-refractivity contribution in [3.05, 3.63) is 51.5 Å². The Morgan fingerprint density at radius 3 is 2.59 bits per heavy atom. The van der Waals surface area contributed by atoms with Crippen LogP contribution in [-0.2, 0) is 12.8 Å². The van der Waals surface area contributed by atoms with Crippen molar-refractivity contribution < 1.29 is 4.79 Å². The second-order valence-corrected chi connectivity index (χ2v) is 5.26. The van der Waals surface area contributed by atoms with E-state index in [0.717, 1.165) is 17.0 Å². The van der Waals surface area contributed by atoms with E-state index < -0.39 is 0 Å². The minimum absolute atomic E-state index is 0.141. The van der Waals surface area contributed by atoms with Crippen LogP contribution in [0.1, 0.15) is 32.7 Å². The molecule has 0 spiro atoms. The molecule has 0 saturated carbocycles. The first-order chi connectivity index (χ1) is 8.19. The zero-order valence-corrected chi connectivity index (χ0v) is 10.9. The summed E-state index contributed by atoms with van der Waals surface area (Å²) in [4.78, 5) is 18.6. The van der Waals surface area contributed by atoms with E-state index in [0.29, 0.717) is 12.0 Å². The van der Waals surface area contributed by atoms with Gasteiger partial charge in [0.05, 0.1) is 0 Å². The quantitative estimate of drug-likeness (QED) is 0.772. The second-order valence-electron chi connectivity index (χ2n) is 4.01. The fourth-order valence-corrected chi connectivity index (χ4v) is 2.56. The Labute approximate surface area is 105 Å². The molecular weight excluding hydrogens is 230 g/mol. The fourth-order valence-electron chi connectivity index (χ4n) is 1.60. The van der Waals surface area contributed by atoms with Gasteiger partial charge in [0.15, 0.2) is 5.78 Å². The molecule has 3 heteroatoms. The zero-order valence-electron chi connectivity index (χ0n) is 10.1. The van der Waals surface area contributed by atoms with Gasteiger partial charge in [0, 0.05) is 33.6 Å². The van der Waals surface area contributed by atoms with Crippen LogP contribution < -0.4 is 0 Å². The number of hydrogen-bond donors (Lipinski definition) is 0. The Hall–Kier alpha value is -1.48. The van der Waals surface area contributed by atoms with Crippen molar-refractivity contribution in [2.75, 3.05) is 0 Å². The molecule has 0 N–H and O–H groups in total. The number of hydrogen-bond acceptors (Lipinski definition) is 3. The molecule has 0 aromatic carbocycles. The van der Waals surface area contributed by atoms with Gasteiger partial charge in [-0.1, -0.05) is 6.92 Å². The zero-order chi connectivity index (χ0) is 12.3. The van der Waals surface area contributed by atoms with Gasteiger partial charge in [0.1, 0.15) is 0 Å². The molecule has 2 aromatic heterocycles. The van der Waals surface area contributed by atoms with Crippen molar-refractivity contribution in [1.29, 1.82) is 0 Å². The van der Waals surface area contributed by atoms with E-state index in [1.807, 2.05) is 25.1 Å². The summed E-state index contributed by atoms with van der Waals surface area (Å²) in [5.41, 5.74) is 1.63. The normalized spacial score (nSPS) is 10.5. The van der Waals surface area contributed by atoms with E-state index >= 15 is 0 Å². The van der Waals surface area contributed by atoms with E-state index in [1.165, 1.54) is 4.88 Å². The summed E-state index contributed by atoms with van der Waals surface area (Å²) in [5.74, 6) is 0.141. The van der Waals surface area contributed by atoms with Crippen LogP contribution in [-0.4, -0.2) is 10.8 Å². The molecule has 2 aromatic rings. The van der Waals surface area contributed by atoms with Crippen molar-refractivity contribution >= 4 is 17.1 Å². The highest BCUT2D eigenvalue weighted by Gasteiger charge is 2.09. The summed E-state index contributed by atoms with van der Waals surface area (Å²) < 4.78 is 0. The smallest absolute Gasteiger partial charge is 0.169 e. The molecule has 0 aliphatic rings. The molecule has 0 radical (unpaired) electrons. The van der Waals surface area contributed by atoms with E-state index in [1.54, 1.807) is 17.5 Å². The maximum absolute atomic E-state index is 12.0. The summed E-state index contributed by atoms with van der Waals surface area (Å²) in [6, 6.07) is 7.86. The first-order valence-electron chi connectivity index (χ1n) is 5.72. The number of pyridine rings is 1. The lowest BCUT2D eigenvalue weighted by atomic mass is 10.1. The largest absolute Gasteiger partial charge is 0.294 e. The van der Waals surface area contributed by atoms with Gasteiger partial charge in [0.25, 0.3) is 0 Å². The summed E-state index contributed by atoms with van der Waals surface area (Å²) in [7, 11) is 0. The molecule has 2 rings (SSSR count). The number of nitrogens with zero attached hydrogens (tertiary/aromatic N) is 1. The third-order valence-electron chi connectivity index (χ3n) is 2.63. The molecule has 0 amide bonds. The van der Waals surface area contributed by atoms with Crippen molar-refractivity contribution in [1.82, 2.24) is 4.98 Å². The van der Waals surface area contributed by atoms with Crippen LogP contribution in [0.2, 0.25) is 0 Å². The first-order valence-corrected chi connectivity index (χ1v) is 6.54. The number of carbonyl (C=O) groups excluding carboxylic acids is 1. The van der Waals surface area contributed by atoms with Crippen LogP contribution >= 0.6 is 11.3 Å². The van der Waals surface area contributed by atoms with Crippen LogP contribution in [0.3, 0.4) is 0 Å². The third-order valence-corrected chi connectivity index (χ3v) is 3.86. The predicted octanol–water partition coefficient (Wildman–Crippen LogP) is 3.44. The highest BCUT2D eigenvalue weighted by atomic mass is 32.1. The van der Waals surface area contributed by atoms with Crippen molar-refractivity contribution in [2.45, 2.75) is 26.7 Å². The average molecular weight is 245 g/mol. The Morgan fingerprint density at radius 2 is 2.00 bits per heavy atom. The van der Waals surface area contributed by atoms with E-state index in [4.69, 9.17) is 0 Å². The molecule has 0 unspecified atom stereocenters. The Bertz CT molecular complexity index is 513. The number of ketones is 1. The molecule has 0 aliphatic heterocycles. The standard InChI is InChI=1S/C14H15NOS/c1-3-12-6-7-13(17-12)8-14(16)11-5-4-10(2)15-9-11/h4-7,9H,3,8H2,1-2H3. The van der Waals surface area contributed by atoms with E-state index in [2.05, 4.69) is 18.0 Å². The van der Waals surface area contributed by atoms with Gasteiger partial charge in [-0.25, -0.2) is 0 Å². The molecule has 0 aliphatic carbocycles. The molecular formula is C14H15NOS. The minimum Gasteiger partial charge on any atom is -0.294 e. The Morgan fingerprint density at radius 1 is 1.24 bits per heavy atom. The van der Waals surface area contributed by atoms with E-state index in [9.17, 15) is 4.79 Å². The van der Waals surface area contributed by atoms with Crippen molar-refractivity contribution in [3.63, 3.8) is 0 Å². The van der Waals surface area contributed by atoms with Crippen LogP contribution in [0.15, 0.2) is 30.5 Å². The Balaban J connectivity index is 2.08. The lowest BCUT2D eigenvalue weighted by Crippen LogP contribution is -2.02. The molecule has 88 valence electrons. The summed E-state index contributed by atoms with van der Waals surface area (Å²) in [6.07, 6.45) is 3.17. The molecule has 2 heterocycles. The van der Waals surface area contributed by atoms with E-state index in [-0.39, 0.29) is 5.78 Å². The highest BCUT2D eigenvalue weighted by Crippen LogP contribution is 2.18. The number of thiophene rings is 1. The maximum atomic E-state index is 12.0. The van der Waals surface area contributed by atoms with Crippen molar-refractivity contribution in [3.8, 4) is 0 Å². The van der Waals surface area contributed by atoms with Crippen LogP contribution in [0, 0.1) is 6.92 Å². The van der Waals surface area contributed by atoms with Gasteiger partial charge in [-0.2, -0.15) is 0 Å². The van der Waals surface area contributed by atoms with Crippen LogP contribution in [0.25, 0.3) is 0 Å². The number of carbonyl (C=O) groups is 1. The number of rotatable bonds is 4. The second kappa shape index (κ2) is 5.23. The SMILES string of the molecule is CCc1ccc(CC(=O)c2ccc(C)nc2)s1. The Kier molecular flexibility index (Phi) is 3.69. The predicted molar refractivity (Wildman–Crippen MR) is 70.7 cm³/mol. The number of Topliss-reactive ketones (excluding diaryl/α,β-unsaturated/α-hetero) is 1. The van der Waals surface area contributed by atoms with Crippen LogP contribution in [0.4, 0.5) is 0 Å². The maximum Gasteiger partial charge on any atom is 0.169 e. The topological polar surface area (TPSA) is 30.0 Å². The average Bonchev–Trinajstić information content (AvgIpc) is 2.77. The lowest BCUT2D eigenvalue weighted by molar-refractivity contribution is 0.0993. The van der Waals surface area contributed by atoms with Gasteiger partial charge in [-0.15, -0.1) is 11.3 Å². The minimum atomic E-state index is 0.141. The molecule has 0 fully saturated rings. The number of aryl methyl sites for hydroxylation is 2. The monoisotopic (exact) mass is 245 g/mol. The lowest BCUT2D eigenvalue weighted by Gasteiger charge is -1.99. The van der Waals surface area contributed by atoms with Gasteiger partial charge >= 0.3 is 0 Å².